The number of fused-ring (bicyclic) bond motifs is 1. The van der Waals surface area contributed by atoms with Crippen LogP contribution >= 0.6 is 0 Å². The molecule has 2 aromatic heterocycles. The number of aromatic nitrogens is 3. The summed E-state index contributed by atoms with van der Waals surface area (Å²) in [6.45, 7) is 9.34. The average Bonchev–Trinajstić information content (AvgIpc) is 3.36. The second-order valence-corrected chi connectivity index (χ2v) is 14.5. The summed E-state index contributed by atoms with van der Waals surface area (Å²) in [6, 6.07) is 7.18. The number of hydrogen-bond acceptors (Lipinski definition) is 8. The number of unbranched alkanes of at least 4 members (excludes halogenated alkanes) is 1. The third-order valence-electron chi connectivity index (χ3n) is 8.14. The van der Waals surface area contributed by atoms with Gasteiger partial charge in [0.05, 0.1) is 11.0 Å². The number of aliphatic hydroxyl groups is 1. The Labute approximate surface area is 254 Å². The van der Waals surface area contributed by atoms with Crippen molar-refractivity contribution in [1.29, 1.82) is 0 Å². The molecule has 1 aromatic carbocycles. The zero-order valence-corrected chi connectivity index (χ0v) is 26.4. The number of anilines is 1. The molecular weight excluding hydrogens is 568 g/mol. The van der Waals surface area contributed by atoms with Gasteiger partial charge in [0.1, 0.15) is 11.2 Å². The molecule has 1 saturated carbocycles. The van der Waals surface area contributed by atoms with Crippen molar-refractivity contribution in [1.82, 2.24) is 23.7 Å². The van der Waals surface area contributed by atoms with E-state index in [1.54, 1.807) is 17.0 Å². The Bertz CT molecular complexity index is 1520. The number of nitrogens with one attached hydrogen (secondary N) is 1. The largest absolute Gasteiger partial charge is 0.444 e. The zero-order chi connectivity index (χ0) is 30.8. The first kappa shape index (κ1) is 31.2. The maximum atomic E-state index is 13.5. The van der Waals surface area contributed by atoms with Gasteiger partial charge in [0.25, 0.3) is 0 Å². The zero-order valence-electron chi connectivity index (χ0n) is 25.6. The molecule has 3 heterocycles. The quantitative estimate of drug-likeness (QED) is 0.339. The van der Waals surface area contributed by atoms with Crippen molar-refractivity contribution in [2.24, 2.45) is 0 Å². The first-order chi connectivity index (χ1) is 20.5. The number of carbonyl (C=O) groups excluding carboxylic acids is 1. The molecule has 43 heavy (non-hydrogen) atoms. The van der Waals surface area contributed by atoms with Crippen molar-refractivity contribution in [2.45, 2.75) is 88.9 Å². The molecule has 2 aliphatic rings. The van der Waals surface area contributed by atoms with Crippen molar-refractivity contribution in [2.75, 3.05) is 38.0 Å². The number of benzene rings is 1. The molecular formula is C31H44N6O5S. The van der Waals surface area contributed by atoms with Gasteiger partial charge in [0.15, 0.2) is 0 Å². The van der Waals surface area contributed by atoms with Crippen LogP contribution in [0.15, 0.2) is 41.6 Å². The molecule has 0 atom stereocenters. The Morgan fingerprint density at radius 2 is 1.74 bits per heavy atom. The van der Waals surface area contributed by atoms with Crippen LogP contribution in [0.3, 0.4) is 0 Å². The molecule has 1 aliphatic carbocycles. The Morgan fingerprint density at radius 1 is 1.07 bits per heavy atom. The van der Waals surface area contributed by atoms with Crippen LogP contribution in [-0.2, 0) is 14.8 Å². The number of aliphatic hydroxyl groups excluding tert-OH is 1. The van der Waals surface area contributed by atoms with Crippen LogP contribution in [0.4, 0.5) is 10.7 Å². The fourth-order valence-electron chi connectivity index (χ4n) is 5.73. The molecule has 0 unspecified atom stereocenters. The minimum Gasteiger partial charge on any atom is -0.444 e. The van der Waals surface area contributed by atoms with Gasteiger partial charge in [0, 0.05) is 62.1 Å². The predicted octanol–water partition coefficient (Wildman–Crippen LogP) is 5.03. The summed E-state index contributed by atoms with van der Waals surface area (Å²) in [5.74, 6) is 0.593. The van der Waals surface area contributed by atoms with Gasteiger partial charge in [-0.25, -0.2) is 18.2 Å². The standard InChI is InChI=1S/C31H44N6O5S/c1-5-6-15-32-29-33-20-26-27(21-37(28(26)34-29)23-9-11-24(38)12-10-23)22-7-13-25(14-8-22)43(40,41)36-18-16-35(17-19-36)30(39)42-31(2,3)4/h7-8,13-14,20-21,23-24,38H,5-6,9-12,15-19H2,1-4H3,(H,32,33,34)/t23-,24-. The summed E-state index contributed by atoms with van der Waals surface area (Å²) in [5.41, 5.74) is 2.05. The second-order valence-electron chi connectivity index (χ2n) is 12.5. The minimum atomic E-state index is -3.73. The Kier molecular flexibility index (Phi) is 9.29. The predicted molar refractivity (Wildman–Crippen MR) is 166 cm³/mol. The molecule has 12 heteroatoms. The van der Waals surface area contributed by atoms with E-state index in [1.165, 1.54) is 4.31 Å². The van der Waals surface area contributed by atoms with Gasteiger partial charge in [-0.15, -0.1) is 0 Å². The molecule has 11 nitrogen and oxygen atoms in total. The normalized spacial score (nSPS) is 20.3. The van der Waals surface area contributed by atoms with E-state index in [0.717, 1.165) is 67.2 Å². The van der Waals surface area contributed by atoms with Crippen LogP contribution in [0.1, 0.15) is 72.3 Å². The maximum Gasteiger partial charge on any atom is 0.410 e. The summed E-state index contributed by atoms with van der Waals surface area (Å²) in [5, 5.41) is 14.3. The number of hydrogen-bond donors (Lipinski definition) is 2. The SMILES string of the molecule is CCCCNc1ncc2c(-c3ccc(S(=O)(=O)N4CCN(C(=O)OC(C)(C)C)CC4)cc3)cn([C@H]3CC[C@H](O)CC3)c2n1. The monoisotopic (exact) mass is 612 g/mol. The maximum absolute atomic E-state index is 13.5. The van der Waals surface area contributed by atoms with Crippen LogP contribution in [0.5, 0.6) is 0 Å². The van der Waals surface area contributed by atoms with Crippen molar-refractivity contribution >= 4 is 33.1 Å². The van der Waals surface area contributed by atoms with Crippen molar-refractivity contribution < 1.29 is 23.1 Å². The fraction of sp³-hybridized carbons (Fsp3) is 0.581. The van der Waals surface area contributed by atoms with Gasteiger partial charge in [-0.1, -0.05) is 25.5 Å². The molecule has 2 N–H and O–H groups in total. The van der Waals surface area contributed by atoms with E-state index in [4.69, 9.17) is 9.72 Å². The number of piperazine rings is 1. The molecule has 1 amide bonds. The molecule has 0 bridgehead atoms. The minimum absolute atomic E-state index is 0.207. The number of ether oxygens (including phenoxy) is 1. The third kappa shape index (κ3) is 7.13. The van der Waals surface area contributed by atoms with E-state index in [2.05, 4.69) is 28.0 Å². The molecule has 1 saturated heterocycles. The molecule has 3 aromatic rings. The molecule has 5 rings (SSSR count). The highest BCUT2D eigenvalue weighted by Gasteiger charge is 2.32. The first-order valence-corrected chi connectivity index (χ1v) is 16.8. The fourth-order valence-corrected chi connectivity index (χ4v) is 7.15. The summed E-state index contributed by atoms with van der Waals surface area (Å²) >= 11 is 0. The van der Waals surface area contributed by atoms with Crippen molar-refractivity contribution in [3.8, 4) is 11.1 Å². The molecule has 2 fully saturated rings. The van der Waals surface area contributed by atoms with E-state index in [9.17, 15) is 18.3 Å². The van der Waals surface area contributed by atoms with Crippen LogP contribution in [0.25, 0.3) is 22.2 Å². The lowest BCUT2D eigenvalue weighted by Gasteiger charge is -2.35. The van der Waals surface area contributed by atoms with Crippen molar-refractivity contribution in [3.05, 3.63) is 36.7 Å². The summed E-state index contributed by atoms with van der Waals surface area (Å²) in [7, 11) is -3.73. The van der Waals surface area contributed by atoms with Gasteiger partial charge in [-0.3, -0.25) is 0 Å². The van der Waals surface area contributed by atoms with Gasteiger partial charge >= 0.3 is 6.09 Å². The van der Waals surface area contributed by atoms with E-state index in [0.29, 0.717) is 5.95 Å². The highest BCUT2D eigenvalue weighted by atomic mass is 32.2. The molecule has 0 spiro atoms. The number of amides is 1. The summed E-state index contributed by atoms with van der Waals surface area (Å²) in [4.78, 5) is 23.6. The van der Waals surface area contributed by atoms with Crippen LogP contribution in [-0.4, -0.2) is 87.8 Å². The smallest absolute Gasteiger partial charge is 0.410 e. The number of carbonyl (C=O) groups is 1. The molecule has 234 valence electrons. The molecule has 0 radical (unpaired) electrons. The second kappa shape index (κ2) is 12.8. The lowest BCUT2D eigenvalue weighted by molar-refractivity contribution is 0.0192. The lowest BCUT2D eigenvalue weighted by Crippen LogP contribution is -2.51. The Balaban J connectivity index is 1.36. The molecule has 1 aliphatic heterocycles. The van der Waals surface area contributed by atoms with Gasteiger partial charge in [0.2, 0.25) is 16.0 Å². The van der Waals surface area contributed by atoms with E-state index >= 15 is 0 Å². The van der Waals surface area contributed by atoms with Gasteiger partial charge in [-0.05, 0) is 70.6 Å². The van der Waals surface area contributed by atoms with Crippen molar-refractivity contribution in [3.63, 3.8) is 0 Å². The number of nitrogens with zero attached hydrogens (tertiary/aromatic N) is 5. The van der Waals surface area contributed by atoms with E-state index in [1.807, 2.05) is 39.1 Å². The van der Waals surface area contributed by atoms with E-state index in [-0.39, 0.29) is 43.2 Å². The van der Waals surface area contributed by atoms with Gasteiger partial charge in [-0.2, -0.15) is 9.29 Å². The Hall–Kier alpha value is -3.22. The topological polar surface area (TPSA) is 130 Å². The van der Waals surface area contributed by atoms with E-state index < -0.39 is 21.7 Å². The summed E-state index contributed by atoms with van der Waals surface area (Å²) in [6.07, 6.45) is 8.61. The highest BCUT2D eigenvalue weighted by molar-refractivity contribution is 7.89. The Morgan fingerprint density at radius 3 is 2.37 bits per heavy atom. The van der Waals surface area contributed by atoms with Crippen LogP contribution in [0.2, 0.25) is 0 Å². The third-order valence-corrected chi connectivity index (χ3v) is 10.1. The average molecular weight is 613 g/mol. The number of sulfonamides is 1. The van der Waals surface area contributed by atoms with Gasteiger partial charge < -0.3 is 24.6 Å². The highest BCUT2D eigenvalue weighted by Crippen LogP contribution is 2.37. The first-order valence-electron chi connectivity index (χ1n) is 15.3. The lowest BCUT2D eigenvalue weighted by atomic mass is 9.93. The number of rotatable bonds is 8. The van der Waals surface area contributed by atoms with Crippen LogP contribution in [0, 0.1) is 0 Å². The summed E-state index contributed by atoms with van der Waals surface area (Å²) < 4.78 is 36.0. The van der Waals surface area contributed by atoms with Crippen LogP contribution < -0.4 is 5.32 Å².